The number of hydrogen-bond donors (Lipinski definition) is 4. The number of pyridine rings is 1. The van der Waals surface area contributed by atoms with E-state index in [-0.39, 0.29) is 0 Å². The van der Waals surface area contributed by atoms with E-state index in [9.17, 15) is 0 Å². The molecule has 0 aliphatic carbocycles. The molecular weight excluding hydrogens is 212 g/mol. The first-order chi connectivity index (χ1) is 7.71. The minimum absolute atomic E-state index is 0.363. The molecule has 0 radical (unpaired) electrons. The smallest absolute Gasteiger partial charge is 0.169 e. The molecule has 90 valence electrons. The summed E-state index contributed by atoms with van der Waals surface area (Å²) in [5.74, 6) is 0.837. The Morgan fingerprint density at radius 3 is 2.44 bits per heavy atom. The van der Waals surface area contributed by atoms with Gasteiger partial charge in [0.1, 0.15) is 5.54 Å². The van der Waals surface area contributed by atoms with E-state index in [4.69, 9.17) is 20.1 Å². The van der Waals surface area contributed by atoms with Gasteiger partial charge in [-0.15, -0.1) is 0 Å². The lowest BCUT2D eigenvalue weighted by Crippen LogP contribution is -2.49. The summed E-state index contributed by atoms with van der Waals surface area (Å²) in [6, 6.07) is 3.38. The van der Waals surface area contributed by atoms with Crippen LogP contribution >= 0.6 is 0 Å². The molecule has 0 aliphatic heterocycles. The highest BCUT2D eigenvalue weighted by Gasteiger charge is 2.29. The molecule has 4 N–H and O–H groups in total. The fourth-order valence-electron chi connectivity index (χ4n) is 1.17. The van der Waals surface area contributed by atoms with Crippen LogP contribution in [0.3, 0.4) is 0 Å². The Morgan fingerprint density at radius 1 is 1.31 bits per heavy atom. The largest absolute Gasteiger partial charge is 0.493 e. The van der Waals surface area contributed by atoms with Crippen LogP contribution in [0.15, 0.2) is 18.3 Å². The topological polar surface area (TPSA) is 94.8 Å². The second kappa shape index (κ2) is 5.64. The molecule has 0 fully saturated rings. The quantitative estimate of drug-likeness (QED) is 0.510. The van der Waals surface area contributed by atoms with Crippen LogP contribution in [0.25, 0.3) is 0 Å². The lowest BCUT2D eigenvalue weighted by molar-refractivity contribution is 0.0829. The minimum Gasteiger partial charge on any atom is -0.493 e. The van der Waals surface area contributed by atoms with E-state index in [1.807, 2.05) is 0 Å². The Labute approximate surface area is 93.5 Å². The van der Waals surface area contributed by atoms with Crippen LogP contribution in [0.2, 0.25) is 0 Å². The number of aliphatic hydroxyl groups excluding tert-OH is 3. The molecule has 0 unspecified atom stereocenters. The van der Waals surface area contributed by atoms with Gasteiger partial charge in [-0.05, 0) is 12.1 Å². The van der Waals surface area contributed by atoms with Crippen molar-refractivity contribution in [3.63, 3.8) is 0 Å². The normalized spacial score (nSPS) is 11.2. The number of nitrogens with zero attached hydrogens (tertiary/aromatic N) is 1. The first kappa shape index (κ1) is 12.7. The van der Waals surface area contributed by atoms with Crippen LogP contribution in [-0.2, 0) is 0 Å². The van der Waals surface area contributed by atoms with Crippen LogP contribution in [0, 0.1) is 0 Å². The highest BCUT2D eigenvalue weighted by Crippen LogP contribution is 2.23. The molecule has 1 rings (SSSR count). The number of methoxy groups -OCH3 is 1. The maximum Gasteiger partial charge on any atom is 0.169 e. The van der Waals surface area contributed by atoms with Crippen molar-refractivity contribution < 1.29 is 20.1 Å². The monoisotopic (exact) mass is 228 g/mol. The Kier molecular flexibility index (Phi) is 4.48. The second-order valence-electron chi connectivity index (χ2n) is 3.43. The van der Waals surface area contributed by atoms with Gasteiger partial charge in [-0.3, -0.25) is 0 Å². The van der Waals surface area contributed by atoms with Crippen molar-refractivity contribution in [2.75, 3.05) is 32.2 Å². The van der Waals surface area contributed by atoms with Crippen LogP contribution in [0.4, 0.5) is 5.82 Å². The van der Waals surface area contributed by atoms with Gasteiger partial charge >= 0.3 is 0 Å². The maximum absolute atomic E-state index is 9.15. The molecular formula is C10H16N2O4. The van der Waals surface area contributed by atoms with Crippen LogP contribution in [0.5, 0.6) is 5.75 Å². The molecule has 6 heteroatoms. The van der Waals surface area contributed by atoms with E-state index in [1.165, 1.54) is 7.11 Å². The van der Waals surface area contributed by atoms with Crippen molar-refractivity contribution >= 4 is 5.82 Å². The van der Waals surface area contributed by atoms with E-state index >= 15 is 0 Å². The SMILES string of the molecule is COc1cccnc1NC(CO)(CO)CO. The van der Waals surface area contributed by atoms with Gasteiger partial charge in [-0.1, -0.05) is 0 Å². The second-order valence-corrected chi connectivity index (χ2v) is 3.43. The summed E-state index contributed by atoms with van der Waals surface area (Å²) in [5, 5.41) is 30.2. The molecule has 0 spiro atoms. The zero-order valence-electron chi connectivity index (χ0n) is 9.05. The summed E-state index contributed by atoms with van der Waals surface area (Å²) in [5.41, 5.74) is -1.21. The van der Waals surface area contributed by atoms with Gasteiger partial charge in [0.25, 0.3) is 0 Å². The number of anilines is 1. The van der Waals surface area contributed by atoms with Gasteiger partial charge in [0.2, 0.25) is 0 Å². The van der Waals surface area contributed by atoms with Gasteiger partial charge in [0, 0.05) is 6.20 Å². The third-order valence-electron chi connectivity index (χ3n) is 2.28. The lowest BCUT2D eigenvalue weighted by Gasteiger charge is -2.29. The third kappa shape index (κ3) is 2.60. The predicted octanol–water partition coefficient (Wildman–Crippen LogP) is -0.782. The number of hydrogen-bond acceptors (Lipinski definition) is 6. The summed E-state index contributed by atoms with van der Waals surface area (Å²) in [6.45, 7) is -1.25. The zero-order valence-corrected chi connectivity index (χ0v) is 9.05. The van der Waals surface area contributed by atoms with Crippen molar-refractivity contribution in [2.45, 2.75) is 5.54 Å². The number of nitrogens with one attached hydrogen (secondary N) is 1. The first-order valence-corrected chi connectivity index (χ1v) is 4.81. The Balaban J connectivity index is 2.93. The van der Waals surface area contributed by atoms with Crippen molar-refractivity contribution in [1.82, 2.24) is 4.98 Å². The highest BCUT2D eigenvalue weighted by atomic mass is 16.5. The Bertz CT molecular complexity index is 320. The molecule has 0 bridgehead atoms. The summed E-state index contributed by atoms with van der Waals surface area (Å²) < 4.78 is 5.05. The highest BCUT2D eigenvalue weighted by molar-refractivity contribution is 5.51. The molecule has 1 aromatic heterocycles. The van der Waals surface area contributed by atoms with Gasteiger partial charge in [-0.25, -0.2) is 4.98 Å². The van der Waals surface area contributed by atoms with Crippen molar-refractivity contribution in [3.8, 4) is 5.75 Å². The number of aliphatic hydroxyl groups is 3. The first-order valence-electron chi connectivity index (χ1n) is 4.81. The fourth-order valence-corrected chi connectivity index (χ4v) is 1.17. The predicted molar refractivity (Wildman–Crippen MR) is 58.4 cm³/mol. The van der Waals surface area contributed by atoms with Crippen molar-refractivity contribution in [1.29, 1.82) is 0 Å². The van der Waals surface area contributed by atoms with Crippen LogP contribution in [-0.4, -0.2) is 52.8 Å². The van der Waals surface area contributed by atoms with Gasteiger partial charge in [-0.2, -0.15) is 0 Å². The summed E-state index contributed by atoms with van der Waals surface area (Å²) in [4.78, 5) is 4.01. The lowest BCUT2D eigenvalue weighted by atomic mass is 10.0. The summed E-state index contributed by atoms with van der Waals surface area (Å²) >= 11 is 0. The molecule has 0 aromatic carbocycles. The van der Waals surface area contributed by atoms with E-state index in [0.717, 1.165) is 0 Å². The molecule has 16 heavy (non-hydrogen) atoms. The number of ether oxygens (including phenoxy) is 1. The molecule has 1 aromatic rings. The Hall–Kier alpha value is -1.37. The molecule has 0 saturated heterocycles. The zero-order chi connectivity index (χ0) is 12.0. The van der Waals surface area contributed by atoms with Gasteiger partial charge < -0.3 is 25.4 Å². The molecule has 0 saturated carbocycles. The van der Waals surface area contributed by atoms with Crippen molar-refractivity contribution in [2.24, 2.45) is 0 Å². The van der Waals surface area contributed by atoms with Crippen LogP contribution < -0.4 is 10.1 Å². The average Bonchev–Trinajstić information content (AvgIpc) is 2.36. The Morgan fingerprint density at radius 2 is 1.94 bits per heavy atom. The van der Waals surface area contributed by atoms with Gasteiger partial charge in [0.15, 0.2) is 11.6 Å². The van der Waals surface area contributed by atoms with E-state index < -0.39 is 25.4 Å². The summed E-state index contributed by atoms with van der Waals surface area (Å²) in [7, 11) is 1.49. The average molecular weight is 228 g/mol. The molecule has 0 aliphatic rings. The van der Waals surface area contributed by atoms with Crippen LogP contribution in [0.1, 0.15) is 0 Å². The van der Waals surface area contributed by atoms with Gasteiger partial charge in [0.05, 0.1) is 26.9 Å². The molecule has 0 atom stereocenters. The standard InChI is InChI=1S/C10H16N2O4/c1-16-8-3-2-4-11-9(8)12-10(5-13,6-14)7-15/h2-4,13-15H,5-7H2,1H3,(H,11,12). The molecule has 0 amide bonds. The van der Waals surface area contributed by atoms with E-state index in [0.29, 0.717) is 11.6 Å². The van der Waals surface area contributed by atoms with E-state index in [2.05, 4.69) is 10.3 Å². The third-order valence-corrected chi connectivity index (χ3v) is 2.28. The van der Waals surface area contributed by atoms with E-state index in [1.54, 1.807) is 18.3 Å². The minimum atomic E-state index is -1.21. The number of aromatic nitrogens is 1. The number of rotatable bonds is 6. The molecule has 1 heterocycles. The maximum atomic E-state index is 9.15. The summed E-state index contributed by atoms with van der Waals surface area (Å²) in [6.07, 6.45) is 1.54. The molecule has 6 nitrogen and oxygen atoms in total. The van der Waals surface area contributed by atoms with Crippen molar-refractivity contribution in [3.05, 3.63) is 18.3 Å². The fraction of sp³-hybridized carbons (Fsp3) is 0.500.